The topological polar surface area (TPSA) is 91.4 Å². The van der Waals surface area contributed by atoms with Gasteiger partial charge in [-0.25, -0.2) is 4.98 Å². The van der Waals surface area contributed by atoms with E-state index in [4.69, 9.17) is 0 Å². The summed E-state index contributed by atoms with van der Waals surface area (Å²) in [5.41, 5.74) is 2.16. The second-order valence-corrected chi connectivity index (χ2v) is 9.12. The Bertz CT molecular complexity index is 939. The van der Waals surface area contributed by atoms with Crippen LogP contribution in [-0.4, -0.2) is 46.7 Å². The molecule has 0 saturated heterocycles. The Kier molecular flexibility index (Phi) is 8.79. The zero-order valence-electron chi connectivity index (χ0n) is 18.9. The van der Waals surface area contributed by atoms with Crippen molar-refractivity contribution in [3.05, 3.63) is 46.5 Å². The van der Waals surface area contributed by atoms with Crippen molar-refractivity contribution in [3.8, 4) is 0 Å². The lowest BCUT2D eigenvalue weighted by Crippen LogP contribution is -2.39. The van der Waals surface area contributed by atoms with E-state index < -0.39 is 0 Å². The molecule has 0 unspecified atom stereocenters. The first-order valence-electron chi connectivity index (χ1n) is 11.4. The van der Waals surface area contributed by atoms with Gasteiger partial charge in [-0.1, -0.05) is 44.4 Å². The number of carbonyl (C=O) groups excluding carboxylic acids is 3. The number of benzene rings is 1. The van der Waals surface area contributed by atoms with Crippen LogP contribution < -0.4 is 10.6 Å². The molecular formula is C24H32N4O3S. The van der Waals surface area contributed by atoms with Crippen molar-refractivity contribution in [1.29, 1.82) is 0 Å². The molecular weight excluding hydrogens is 424 g/mol. The van der Waals surface area contributed by atoms with Crippen LogP contribution in [0.2, 0.25) is 0 Å². The molecule has 1 aromatic heterocycles. The molecule has 172 valence electrons. The molecule has 1 aliphatic rings. The summed E-state index contributed by atoms with van der Waals surface area (Å²) < 4.78 is 0. The molecule has 1 aromatic carbocycles. The van der Waals surface area contributed by atoms with Gasteiger partial charge in [-0.05, 0) is 37.8 Å². The number of aromatic nitrogens is 1. The lowest BCUT2D eigenvalue weighted by molar-refractivity contribution is -0.120. The average Bonchev–Trinajstić information content (AvgIpc) is 3.52. The van der Waals surface area contributed by atoms with E-state index in [-0.39, 0.29) is 36.7 Å². The monoisotopic (exact) mass is 456 g/mol. The predicted molar refractivity (Wildman–Crippen MR) is 127 cm³/mol. The predicted octanol–water partition coefficient (Wildman–Crippen LogP) is 3.93. The van der Waals surface area contributed by atoms with E-state index in [0.717, 1.165) is 31.2 Å². The summed E-state index contributed by atoms with van der Waals surface area (Å²) in [6, 6.07) is 7.54. The zero-order valence-corrected chi connectivity index (χ0v) is 19.7. The molecule has 0 bridgehead atoms. The highest BCUT2D eigenvalue weighted by molar-refractivity contribution is 7.13. The fourth-order valence-electron chi connectivity index (χ4n) is 3.49. The number of rotatable bonds is 12. The van der Waals surface area contributed by atoms with Crippen molar-refractivity contribution >= 4 is 34.2 Å². The molecule has 8 heteroatoms. The smallest absolute Gasteiger partial charge is 0.254 e. The van der Waals surface area contributed by atoms with Gasteiger partial charge in [0.05, 0.1) is 12.1 Å². The number of nitrogens with one attached hydrogen (secondary N) is 2. The first-order chi connectivity index (χ1) is 15.5. The SMILES string of the molecule is CCCCCCNC(=O)Cc1csc(NC(=O)CN(C(=O)c2ccccc2C)C2CC2)n1. The molecule has 3 amide bonds. The minimum Gasteiger partial charge on any atom is -0.356 e. The fourth-order valence-corrected chi connectivity index (χ4v) is 4.21. The largest absolute Gasteiger partial charge is 0.356 e. The Morgan fingerprint density at radius 1 is 1.12 bits per heavy atom. The summed E-state index contributed by atoms with van der Waals surface area (Å²) in [4.78, 5) is 43.7. The van der Waals surface area contributed by atoms with Gasteiger partial charge in [0.1, 0.15) is 6.54 Å². The van der Waals surface area contributed by atoms with E-state index in [1.165, 1.54) is 24.2 Å². The van der Waals surface area contributed by atoms with Crippen molar-refractivity contribution < 1.29 is 14.4 Å². The molecule has 7 nitrogen and oxygen atoms in total. The highest BCUT2D eigenvalue weighted by Crippen LogP contribution is 2.29. The van der Waals surface area contributed by atoms with E-state index in [1.54, 1.807) is 16.3 Å². The Morgan fingerprint density at radius 3 is 2.62 bits per heavy atom. The summed E-state index contributed by atoms with van der Waals surface area (Å²) in [5.74, 6) is -0.454. The molecule has 32 heavy (non-hydrogen) atoms. The number of anilines is 1. The van der Waals surface area contributed by atoms with Crippen molar-refractivity contribution in [3.63, 3.8) is 0 Å². The molecule has 0 aliphatic heterocycles. The maximum Gasteiger partial charge on any atom is 0.254 e. The van der Waals surface area contributed by atoms with Gasteiger partial charge >= 0.3 is 0 Å². The van der Waals surface area contributed by atoms with Gasteiger partial charge in [0.2, 0.25) is 11.8 Å². The standard InChI is InChI=1S/C24H32N4O3S/c1-3-4-5-8-13-25-21(29)14-18-16-32-24(26-18)27-22(30)15-28(19-11-12-19)23(31)20-10-7-6-9-17(20)2/h6-7,9-10,16,19H,3-5,8,11-15H2,1-2H3,(H,25,29)(H,26,27,30). The Balaban J connectivity index is 1.49. The van der Waals surface area contributed by atoms with E-state index in [2.05, 4.69) is 22.5 Å². The van der Waals surface area contributed by atoms with Gasteiger partial charge in [0, 0.05) is 23.5 Å². The lowest BCUT2D eigenvalue weighted by atomic mass is 10.1. The quantitative estimate of drug-likeness (QED) is 0.473. The first-order valence-corrected chi connectivity index (χ1v) is 12.2. The number of amides is 3. The zero-order chi connectivity index (χ0) is 22.9. The van der Waals surface area contributed by atoms with Crippen LogP contribution in [0.1, 0.15) is 67.1 Å². The number of aryl methyl sites for hydroxylation is 1. The molecule has 0 atom stereocenters. The third-order valence-electron chi connectivity index (χ3n) is 5.43. The van der Waals surface area contributed by atoms with Crippen LogP contribution in [0.15, 0.2) is 29.6 Å². The van der Waals surface area contributed by atoms with Crippen LogP contribution in [0.5, 0.6) is 0 Å². The summed E-state index contributed by atoms with van der Waals surface area (Å²) in [6.07, 6.45) is 6.48. The van der Waals surface area contributed by atoms with Gasteiger partial charge in [0.15, 0.2) is 5.13 Å². The second kappa shape index (κ2) is 11.8. The van der Waals surface area contributed by atoms with Crippen molar-refractivity contribution in [2.24, 2.45) is 0 Å². The lowest BCUT2D eigenvalue weighted by Gasteiger charge is -2.22. The molecule has 0 spiro atoms. The Morgan fingerprint density at radius 2 is 1.91 bits per heavy atom. The van der Waals surface area contributed by atoms with Crippen LogP contribution in [-0.2, 0) is 16.0 Å². The van der Waals surface area contributed by atoms with Crippen LogP contribution in [0.4, 0.5) is 5.13 Å². The van der Waals surface area contributed by atoms with Gasteiger partial charge in [-0.15, -0.1) is 11.3 Å². The number of hydrogen-bond donors (Lipinski definition) is 2. The third kappa shape index (κ3) is 7.15. The van der Waals surface area contributed by atoms with Crippen LogP contribution >= 0.6 is 11.3 Å². The molecule has 1 fully saturated rings. The van der Waals surface area contributed by atoms with E-state index in [1.807, 2.05) is 25.1 Å². The molecule has 3 rings (SSSR count). The molecule has 2 aromatic rings. The highest BCUT2D eigenvalue weighted by Gasteiger charge is 2.34. The van der Waals surface area contributed by atoms with Gasteiger partial charge < -0.3 is 15.5 Å². The van der Waals surface area contributed by atoms with Crippen LogP contribution in [0, 0.1) is 6.92 Å². The number of carbonyl (C=O) groups is 3. The van der Waals surface area contributed by atoms with Gasteiger partial charge in [-0.3, -0.25) is 14.4 Å². The summed E-state index contributed by atoms with van der Waals surface area (Å²) in [5, 5.41) is 7.92. The van der Waals surface area contributed by atoms with E-state index in [9.17, 15) is 14.4 Å². The van der Waals surface area contributed by atoms with Crippen molar-refractivity contribution in [2.45, 2.75) is 64.8 Å². The summed E-state index contributed by atoms with van der Waals surface area (Å²) >= 11 is 1.29. The number of nitrogens with zero attached hydrogens (tertiary/aromatic N) is 2. The maximum atomic E-state index is 13.0. The first kappa shape index (κ1) is 23.9. The number of thiazole rings is 1. The van der Waals surface area contributed by atoms with Gasteiger partial charge in [0.25, 0.3) is 5.91 Å². The summed E-state index contributed by atoms with van der Waals surface area (Å²) in [7, 11) is 0. The van der Waals surface area contributed by atoms with Crippen LogP contribution in [0.25, 0.3) is 0 Å². The fraction of sp³-hybridized carbons (Fsp3) is 0.500. The molecule has 1 saturated carbocycles. The van der Waals surface area contributed by atoms with Crippen LogP contribution in [0.3, 0.4) is 0 Å². The molecule has 1 aliphatic carbocycles. The van der Waals surface area contributed by atoms with Crippen molar-refractivity contribution in [1.82, 2.24) is 15.2 Å². The Labute approximate surface area is 193 Å². The molecule has 0 radical (unpaired) electrons. The normalized spacial score (nSPS) is 12.9. The maximum absolute atomic E-state index is 13.0. The van der Waals surface area contributed by atoms with Gasteiger partial charge in [-0.2, -0.15) is 0 Å². The number of hydrogen-bond acceptors (Lipinski definition) is 5. The highest BCUT2D eigenvalue weighted by atomic mass is 32.1. The van der Waals surface area contributed by atoms with E-state index >= 15 is 0 Å². The Hall–Kier alpha value is -2.74. The minimum atomic E-state index is -0.278. The molecule has 1 heterocycles. The third-order valence-corrected chi connectivity index (χ3v) is 6.24. The minimum absolute atomic E-state index is 0.00893. The average molecular weight is 457 g/mol. The van der Waals surface area contributed by atoms with E-state index in [0.29, 0.717) is 22.9 Å². The number of unbranched alkanes of at least 4 members (excludes halogenated alkanes) is 3. The summed E-state index contributed by atoms with van der Waals surface area (Å²) in [6.45, 7) is 4.73. The van der Waals surface area contributed by atoms with Crippen molar-refractivity contribution in [2.75, 3.05) is 18.4 Å². The molecule has 2 N–H and O–H groups in total. The second-order valence-electron chi connectivity index (χ2n) is 8.26.